The second kappa shape index (κ2) is 9.15. The number of H-pyrrole nitrogens is 1. The van der Waals surface area contributed by atoms with Crippen molar-refractivity contribution in [1.82, 2.24) is 30.3 Å². The quantitative estimate of drug-likeness (QED) is 0.367. The maximum absolute atomic E-state index is 15.4. The van der Waals surface area contributed by atoms with E-state index in [1.807, 2.05) is 18.7 Å². The minimum Gasteiger partial charge on any atom is -0.507 e. The molecule has 3 heterocycles. The van der Waals surface area contributed by atoms with E-state index in [0.717, 1.165) is 23.9 Å². The van der Waals surface area contributed by atoms with Gasteiger partial charge in [-0.15, -0.1) is 10.2 Å². The molecule has 4 aromatic rings. The molecule has 1 saturated carbocycles. The molecule has 1 saturated heterocycles. The summed E-state index contributed by atoms with van der Waals surface area (Å²) >= 11 is 0. The van der Waals surface area contributed by atoms with E-state index in [1.54, 1.807) is 24.3 Å². The molecular formula is C26H28FN7O3. The summed E-state index contributed by atoms with van der Waals surface area (Å²) in [4.78, 5) is 15.0. The Morgan fingerprint density at radius 3 is 2.68 bits per heavy atom. The third-order valence-corrected chi connectivity index (χ3v) is 6.82. The lowest BCUT2D eigenvalue weighted by atomic mass is 10.0. The number of rotatable bonds is 6. The highest BCUT2D eigenvalue weighted by Gasteiger charge is 2.29. The Bertz CT molecular complexity index is 1490. The fraction of sp³-hybridized carbons (Fsp3) is 0.385. The van der Waals surface area contributed by atoms with Gasteiger partial charge in [0.2, 0.25) is 5.82 Å². The molecule has 2 aromatic carbocycles. The number of morpholine rings is 1. The van der Waals surface area contributed by atoms with Crippen molar-refractivity contribution in [2.24, 2.45) is 0 Å². The summed E-state index contributed by atoms with van der Waals surface area (Å²) in [6.45, 7) is 6.33. The Hall–Kier alpha value is -3.99. The van der Waals surface area contributed by atoms with Gasteiger partial charge in [0.15, 0.2) is 5.82 Å². The number of ether oxygens (including phenoxy) is 1. The van der Waals surface area contributed by atoms with Gasteiger partial charge in [0.05, 0.1) is 41.4 Å². The minimum absolute atomic E-state index is 0.0243. The number of phenolic OH excluding ortho intramolecular Hbond substituents is 1. The van der Waals surface area contributed by atoms with Crippen molar-refractivity contribution in [3.05, 3.63) is 47.7 Å². The number of phenols is 1. The van der Waals surface area contributed by atoms with Gasteiger partial charge in [0.25, 0.3) is 5.91 Å². The number of hydrogen-bond acceptors (Lipinski definition) is 7. The molecule has 0 unspecified atom stereocenters. The molecule has 0 radical (unpaired) electrons. The van der Waals surface area contributed by atoms with Crippen LogP contribution in [0.2, 0.25) is 0 Å². The first-order valence-corrected chi connectivity index (χ1v) is 12.5. The van der Waals surface area contributed by atoms with Gasteiger partial charge < -0.3 is 20.1 Å². The summed E-state index contributed by atoms with van der Waals surface area (Å²) in [7, 11) is 0. The summed E-state index contributed by atoms with van der Waals surface area (Å²) in [6.07, 6.45) is 1.82. The maximum atomic E-state index is 15.4. The summed E-state index contributed by atoms with van der Waals surface area (Å²) in [5, 5.41) is 30.5. The molecule has 2 aliphatic rings. The van der Waals surface area contributed by atoms with Gasteiger partial charge in [0.1, 0.15) is 11.6 Å². The van der Waals surface area contributed by atoms with Crippen LogP contribution in [0, 0.1) is 5.82 Å². The van der Waals surface area contributed by atoms with E-state index in [9.17, 15) is 9.90 Å². The third kappa shape index (κ3) is 4.29. The van der Waals surface area contributed by atoms with Gasteiger partial charge in [0, 0.05) is 36.7 Å². The first-order chi connectivity index (χ1) is 17.9. The summed E-state index contributed by atoms with van der Waals surface area (Å²) in [6, 6.07) is 8.27. The van der Waals surface area contributed by atoms with Crippen molar-refractivity contribution in [2.75, 3.05) is 31.2 Å². The Morgan fingerprint density at radius 1 is 1.19 bits per heavy atom. The van der Waals surface area contributed by atoms with Gasteiger partial charge in [-0.25, -0.2) is 4.39 Å². The molecule has 1 amide bonds. The molecule has 0 spiro atoms. The molecule has 192 valence electrons. The van der Waals surface area contributed by atoms with Crippen molar-refractivity contribution in [1.29, 1.82) is 0 Å². The number of halogens is 1. The van der Waals surface area contributed by atoms with Crippen molar-refractivity contribution in [3.63, 3.8) is 0 Å². The zero-order valence-electron chi connectivity index (χ0n) is 20.7. The fourth-order valence-corrected chi connectivity index (χ4v) is 4.72. The summed E-state index contributed by atoms with van der Waals surface area (Å²) in [5.41, 5.74) is 2.74. The lowest BCUT2D eigenvalue weighted by molar-refractivity contribution is 0.0938. The number of fused-ring (bicyclic) bond motifs is 1. The molecule has 1 aliphatic carbocycles. The van der Waals surface area contributed by atoms with E-state index in [1.165, 1.54) is 10.6 Å². The van der Waals surface area contributed by atoms with Crippen LogP contribution in [0.1, 0.15) is 48.9 Å². The predicted octanol–water partition coefficient (Wildman–Crippen LogP) is 3.51. The summed E-state index contributed by atoms with van der Waals surface area (Å²) in [5.74, 6) is -0.480. The van der Waals surface area contributed by atoms with Crippen LogP contribution in [-0.2, 0) is 4.74 Å². The number of hydrogen-bond donors (Lipinski definition) is 3. The number of aromatic hydroxyl groups is 1. The number of nitrogens with zero attached hydrogens (tertiary/aromatic N) is 5. The SMILES string of the molecule is CC(C)c1n[nH]c2cc(O)c(-c3nnc(C(=O)NC4CC4)n3-c3ccc(N4CCOCC4)c(F)c3)cc12. The molecule has 0 atom stereocenters. The van der Waals surface area contributed by atoms with Crippen LogP contribution in [0.3, 0.4) is 0 Å². The number of benzene rings is 2. The molecule has 10 nitrogen and oxygen atoms in total. The third-order valence-electron chi connectivity index (χ3n) is 6.82. The Morgan fingerprint density at radius 2 is 1.97 bits per heavy atom. The van der Waals surface area contributed by atoms with Crippen LogP contribution >= 0.6 is 0 Å². The number of anilines is 1. The standard InChI is InChI=1S/C26H28FN7O3/c1-14(2)23-17-12-18(22(35)13-20(17)29-30-23)24-31-32-25(26(36)28-15-3-4-15)34(24)16-5-6-21(19(27)11-16)33-7-9-37-10-8-33/h5-6,11-15,35H,3-4,7-10H2,1-2H3,(H,28,36)(H,29,30). The largest absolute Gasteiger partial charge is 0.507 e. The molecule has 37 heavy (non-hydrogen) atoms. The number of carbonyl (C=O) groups is 1. The molecule has 2 aromatic heterocycles. The van der Waals surface area contributed by atoms with E-state index in [2.05, 4.69) is 25.7 Å². The number of nitrogens with one attached hydrogen (secondary N) is 2. The van der Waals surface area contributed by atoms with E-state index < -0.39 is 11.7 Å². The van der Waals surface area contributed by atoms with Gasteiger partial charge in [-0.1, -0.05) is 13.8 Å². The second-order valence-electron chi connectivity index (χ2n) is 9.84. The zero-order chi connectivity index (χ0) is 25.7. The second-order valence-corrected chi connectivity index (χ2v) is 9.84. The monoisotopic (exact) mass is 505 g/mol. The average molecular weight is 506 g/mol. The highest BCUT2D eigenvalue weighted by atomic mass is 19.1. The first kappa shape index (κ1) is 23.4. The fourth-order valence-electron chi connectivity index (χ4n) is 4.72. The van der Waals surface area contributed by atoms with Crippen molar-refractivity contribution < 1.29 is 19.0 Å². The van der Waals surface area contributed by atoms with Crippen molar-refractivity contribution in [3.8, 4) is 22.8 Å². The summed E-state index contributed by atoms with van der Waals surface area (Å²) < 4.78 is 22.3. The van der Waals surface area contributed by atoms with Crippen molar-refractivity contribution in [2.45, 2.75) is 38.6 Å². The van der Waals surface area contributed by atoms with Gasteiger partial charge in [-0.05, 0) is 37.0 Å². The van der Waals surface area contributed by atoms with Crippen LogP contribution in [0.4, 0.5) is 10.1 Å². The Kier molecular flexibility index (Phi) is 5.79. The average Bonchev–Trinajstić information content (AvgIpc) is 3.43. The molecule has 11 heteroatoms. The van der Waals surface area contributed by atoms with Crippen LogP contribution in [0.15, 0.2) is 30.3 Å². The zero-order valence-corrected chi connectivity index (χ0v) is 20.7. The number of aromatic nitrogens is 5. The van der Waals surface area contributed by atoms with Crippen molar-refractivity contribution >= 4 is 22.5 Å². The number of aromatic amines is 1. The van der Waals surface area contributed by atoms with E-state index in [-0.39, 0.29) is 29.4 Å². The number of carbonyl (C=O) groups excluding carboxylic acids is 1. The molecule has 2 fully saturated rings. The molecular weight excluding hydrogens is 477 g/mol. The number of amides is 1. The first-order valence-electron chi connectivity index (χ1n) is 12.5. The lowest BCUT2D eigenvalue weighted by Gasteiger charge is -2.29. The molecule has 1 aliphatic heterocycles. The maximum Gasteiger partial charge on any atom is 0.289 e. The normalized spacial score (nSPS) is 16.1. The van der Waals surface area contributed by atoms with Gasteiger partial charge in [-0.3, -0.25) is 14.5 Å². The minimum atomic E-state index is -0.427. The van der Waals surface area contributed by atoms with Crippen LogP contribution in [0.5, 0.6) is 5.75 Å². The van der Waals surface area contributed by atoms with Crippen LogP contribution < -0.4 is 10.2 Å². The topological polar surface area (TPSA) is 121 Å². The smallest absolute Gasteiger partial charge is 0.289 e. The van der Waals surface area contributed by atoms with E-state index in [0.29, 0.717) is 48.8 Å². The van der Waals surface area contributed by atoms with E-state index >= 15 is 4.39 Å². The highest BCUT2D eigenvalue weighted by molar-refractivity contribution is 5.94. The lowest BCUT2D eigenvalue weighted by Crippen LogP contribution is -2.36. The van der Waals surface area contributed by atoms with Crippen LogP contribution in [-0.4, -0.2) is 68.3 Å². The Balaban J connectivity index is 1.49. The van der Waals surface area contributed by atoms with E-state index in [4.69, 9.17) is 4.74 Å². The molecule has 0 bridgehead atoms. The molecule has 6 rings (SSSR count). The predicted molar refractivity (Wildman–Crippen MR) is 136 cm³/mol. The molecule has 3 N–H and O–H groups in total. The van der Waals surface area contributed by atoms with Gasteiger partial charge >= 0.3 is 0 Å². The van der Waals surface area contributed by atoms with Crippen LogP contribution in [0.25, 0.3) is 28.0 Å². The Labute approximate surface area is 212 Å². The highest BCUT2D eigenvalue weighted by Crippen LogP contribution is 2.36. The van der Waals surface area contributed by atoms with Gasteiger partial charge in [-0.2, -0.15) is 5.10 Å².